The second kappa shape index (κ2) is 4.21. The van der Waals surface area contributed by atoms with Gasteiger partial charge in [-0.05, 0) is 33.3 Å². The van der Waals surface area contributed by atoms with Gasteiger partial charge in [-0.2, -0.15) is 0 Å². The van der Waals surface area contributed by atoms with Crippen molar-refractivity contribution in [3.8, 4) is 11.3 Å². The average molecular weight is 298 g/mol. The lowest BCUT2D eigenvalue weighted by molar-refractivity contribution is -0.0915. The summed E-state index contributed by atoms with van der Waals surface area (Å²) in [6.07, 6.45) is 3.24. The first-order valence-electron chi connectivity index (χ1n) is 7.82. The fraction of sp³-hybridized carbons (Fsp3) is 0.500. The van der Waals surface area contributed by atoms with Gasteiger partial charge >= 0.3 is 0 Å². The van der Waals surface area contributed by atoms with Gasteiger partial charge in [0.25, 0.3) is 0 Å². The summed E-state index contributed by atoms with van der Waals surface area (Å²) in [5.74, 6) is -0.0286. The van der Waals surface area contributed by atoms with Gasteiger partial charge in [0.2, 0.25) is 0 Å². The predicted molar refractivity (Wildman–Crippen MR) is 84.5 cm³/mol. The third kappa shape index (κ3) is 1.68. The number of ether oxygens (including phenoxy) is 1. The Morgan fingerprint density at radius 1 is 1.14 bits per heavy atom. The molecular formula is C18H22N2O2. The van der Waals surface area contributed by atoms with Crippen molar-refractivity contribution in [1.82, 2.24) is 9.55 Å². The molecule has 0 aliphatic carbocycles. The lowest BCUT2D eigenvalue weighted by Gasteiger charge is -2.33. The highest BCUT2D eigenvalue weighted by Gasteiger charge is 2.58. The van der Waals surface area contributed by atoms with Crippen molar-refractivity contribution >= 4 is 0 Å². The van der Waals surface area contributed by atoms with Crippen LogP contribution in [0.4, 0.5) is 0 Å². The molecule has 0 unspecified atom stereocenters. The molecule has 22 heavy (non-hydrogen) atoms. The van der Waals surface area contributed by atoms with Crippen LogP contribution < -0.4 is 0 Å². The van der Waals surface area contributed by atoms with Crippen LogP contribution in [0.25, 0.3) is 11.3 Å². The number of rotatable bonds is 1. The van der Waals surface area contributed by atoms with Crippen LogP contribution in [0.5, 0.6) is 0 Å². The van der Waals surface area contributed by atoms with Gasteiger partial charge in [0, 0.05) is 11.5 Å². The summed E-state index contributed by atoms with van der Waals surface area (Å²) in [4.78, 5) is 4.31. The number of imidazole rings is 1. The molecule has 1 saturated heterocycles. The van der Waals surface area contributed by atoms with Crippen LogP contribution in [-0.2, 0) is 4.74 Å². The third-order valence-electron chi connectivity index (χ3n) is 5.24. The lowest BCUT2D eigenvalue weighted by atomic mass is 9.77. The van der Waals surface area contributed by atoms with E-state index in [9.17, 15) is 5.11 Å². The minimum absolute atomic E-state index is 0.0286. The Labute approximate surface area is 130 Å². The molecule has 3 heterocycles. The average Bonchev–Trinajstić information content (AvgIpc) is 3.04. The summed E-state index contributed by atoms with van der Waals surface area (Å²) in [5.41, 5.74) is 2.61. The topological polar surface area (TPSA) is 47.3 Å². The summed E-state index contributed by atoms with van der Waals surface area (Å²) in [7, 11) is 0. The lowest BCUT2D eigenvalue weighted by Crippen LogP contribution is -2.40. The molecule has 0 saturated carbocycles. The van der Waals surface area contributed by atoms with Gasteiger partial charge in [-0.15, -0.1) is 0 Å². The Kier molecular flexibility index (Phi) is 2.67. The molecule has 0 bridgehead atoms. The van der Waals surface area contributed by atoms with Crippen molar-refractivity contribution in [2.24, 2.45) is 5.92 Å². The Morgan fingerprint density at radius 2 is 1.86 bits per heavy atom. The smallest absolute Gasteiger partial charge is 0.0956 e. The zero-order valence-corrected chi connectivity index (χ0v) is 13.4. The first-order chi connectivity index (χ1) is 10.3. The van der Waals surface area contributed by atoms with Crippen molar-refractivity contribution < 1.29 is 9.84 Å². The number of aliphatic hydroxyl groups is 1. The van der Waals surface area contributed by atoms with Crippen LogP contribution in [0, 0.1) is 5.92 Å². The SMILES string of the molecule is CC1(C)OC(C)(C)[C@H](O)[C@@H]1[C@H]1c2ccccc2-c2cncn21. The molecule has 2 aliphatic heterocycles. The van der Waals surface area contributed by atoms with Crippen LogP contribution in [0.1, 0.15) is 39.3 Å². The first kappa shape index (κ1) is 14.0. The summed E-state index contributed by atoms with van der Waals surface area (Å²) in [6.45, 7) is 8.09. The summed E-state index contributed by atoms with van der Waals surface area (Å²) >= 11 is 0. The minimum Gasteiger partial charge on any atom is -0.390 e. The van der Waals surface area contributed by atoms with Gasteiger partial charge in [0.15, 0.2) is 0 Å². The largest absolute Gasteiger partial charge is 0.390 e. The van der Waals surface area contributed by atoms with Crippen LogP contribution >= 0.6 is 0 Å². The Balaban J connectivity index is 1.90. The molecule has 4 nitrogen and oxygen atoms in total. The maximum Gasteiger partial charge on any atom is 0.0956 e. The quantitative estimate of drug-likeness (QED) is 0.880. The van der Waals surface area contributed by atoms with Crippen molar-refractivity contribution in [2.75, 3.05) is 0 Å². The highest BCUT2D eigenvalue weighted by atomic mass is 16.5. The molecule has 3 atom stereocenters. The van der Waals surface area contributed by atoms with E-state index in [-0.39, 0.29) is 12.0 Å². The summed E-state index contributed by atoms with van der Waals surface area (Å²) in [6, 6.07) is 8.45. The number of aliphatic hydroxyl groups excluding tert-OH is 1. The summed E-state index contributed by atoms with van der Waals surface area (Å²) in [5, 5.41) is 10.9. The molecule has 1 aromatic carbocycles. The number of fused-ring (bicyclic) bond motifs is 3. The molecule has 4 heteroatoms. The molecule has 1 fully saturated rings. The second-order valence-corrected chi connectivity index (χ2v) is 7.50. The Morgan fingerprint density at radius 3 is 2.55 bits per heavy atom. The van der Waals surface area contributed by atoms with Crippen LogP contribution in [0.3, 0.4) is 0 Å². The van der Waals surface area contributed by atoms with Gasteiger partial charge in [-0.1, -0.05) is 24.3 Å². The first-order valence-corrected chi connectivity index (χ1v) is 7.82. The number of hydrogen-bond acceptors (Lipinski definition) is 3. The zero-order chi connectivity index (χ0) is 15.7. The second-order valence-electron chi connectivity index (χ2n) is 7.50. The zero-order valence-electron chi connectivity index (χ0n) is 13.4. The number of hydrogen-bond donors (Lipinski definition) is 1. The van der Waals surface area contributed by atoms with E-state index < -0.39 is 17.3 Å². The molecule has 1 N–H and O–H groups in total. The van der Waals surface area contributed by atoms with Crippen molar-refractivity contribution in [1.29, 1.82) is 0 Å². The van der Waals surface area contributed by atoms with Gasteiger partial charge < -0.3 is 14.4 Å². The van der Waals surface area contributed by atoms with Crippen molar-refractivity contribution in [2.45, 2.75) is 51.0 Å². The molecule has 2 aromatic rings. The molecular weight excluding hydrogens is 276 g/mol. The van der Waals surface area contributed by atoms with E-state index in [4.69, 9.17) is 4.74 Å². The fourth-order valence-electron chi connectivity index (χ4n) is 4.41. The number of benzene rings is 1. The molecule has 0 radical (unpaired) electrons. The monoisotopic (exact) mass is 298 g/mol. The molecule has 4 rings (SSSR count). The van der Waals surface area contributed by atoms with E-state index in [0.717, 1.165) is 5.69 Å². The van der Waals surface area contributed by atoms with Gasteiger partial charge in [0.1, 0.15) is 0 Å². The standard InChI is InChI=1S/C18H22N2O2/c1-17(2)14(16(21)18(3,4)22-17)15-12-8-6-5-7-11(12)13-9-19-10-20(13)15/h5-10,14-16,21H,1-4H3/t14-,15+,16+/m0/s1. The minimum atomic E-state index is -0.549. The van der Waals surface area contributed by atoms with E-state index in [1.165, 1.54) is 11.1 Å². The van der Waals surface area contributed by atoms with E-state index in [0.29, 0.717) is 0 Å². The maximum atomic E-state index is 10.9. The van der Waals surface area contributed by atoms with Crippen molar-refractivity contribution in [3.05, 3.63) is 42.4 Å². The van der Waals surface area contributed by atoms with Gasteiger partial charge in [-0.3, -0.25) is 0 Å². The van der Waals surface area contributed by atoms with Crippen molar-refractivity contribution in [3.63, 3.8) is 0 Å². The van der Waals surface area contributed by atoms with Gasteiger partial charge in [0.05, 0.1) is 41.6 Å². The molecule has 2 aliphatic rings. The van der Waals surface area contributed by atoms with E-state index >= 15 is 0 Å². The molecule has 116 valence electrons. The predicted octanol–water partition coefficient (Wildman–Crippen LogP) is 3.02. The van der Waals surface area contributed by atoms with E-state index in [1.54, 1.807) is 0 Å². The summed E-state index contributed by atoms with van der Waals surface area (Å²) < 4.78 is 8.38. The highest BCUT2D eigenvalue weighted by Crippen LogP contribution is 2.53. The van der Waals surface area contributed by atoms with Crippen LogP contribution in [0.2, 0.25) is 0 Å². The fourth-order valence-corrected chi connectivity index (χ4v) is 4.41. The Bertz CT molecular complexity index is 732. The van der Waals surface area contributed by atoms with E-state index in [2.05, 4.69) is 47.7 Å². The van der Waals surface area contributed by atoms with Gasteiger partial charge in [-0.25, -0.2) is 4.98 Å². The van der Waals surface area contributed by atoms with Crippen LogP contribution in [0.15, 0.2) is 36.8 Å². The van der Waals surface area contributed by atoms with E-state index in [1.807, 2.05) is 26.4 Å². The number of aromatic nitrogens is 2. The number of nitrogens with zero attached hydrogens (tertiary/aromatic N) is 2. The van der Waals surface area contributed by atoms with Crippen LogP contribution in [-0.4, -0.2) is 32.0 Å². The third-order valence-corrected chi connectivity index (χ3v) is 5.24. The molecule has 1 aromatic heterocycles. The highest BCUT2D eigenvalue weighted by molar-refractivity contribution is 5.69. The maximum absolute atomic E-state index is 10.9. The Hall–Kier alpha value is -1.65. The molecule has 0 spiro atoms. The normalized spacial score (nSPS) is 31.0. The molecule has 0 amide bonds.